The first kappa shape index (κ1) is 15.3. The highest BCUT2D eigenvalue weighted by Gasteiger charge is 2.04. The van der Waals surface area contributed by atoms with Crippen LogP contribution in [-0.4, -0.2) is 50.1 Å². The van der Waals surface area contributed by atoms with E-state index in [4.69, 9.17) is 0 Å². The Labute approximate surface area is 82.1 Å². The van der Waals surface area contributed by atoms with Crippen molar-refractivity contribution in [1.29, 1.82) is 0 Å². The summed E-state index contributed by atoms with van der Waals surface area (Å²) < 4.78 is -0.292. The van der Waals surface area contributed by atoms with Crippen LogP contribution < -0.4 is 0 Å². The Morgan fingerprint density at radius 3 is 0.923 bits per heavy atom. The summed E-state index contributed by atoms with van der Waals surface area (Å²) in [6, 6.07) is 0. The van der Waals surface area contributed by atoms with Gasteiger partial charge in [-0.25, -0.2) is 0 Å². The minimum absolute atomic E-state index is 0.0417. The van der Waals surface area contributed by atoms with Gasteiger partial charge in [-0.05, 0) is 20.8 Å². The summed E-state index contributed by atoms with van der Waals surface area (Å²) in [5, 5.41) is 21.2. The third-order valence-electron chi connectivity index (χ3n) is 1.73. The van der Waals surface area contributed by atoms with E-state index in [1.54, 1.807) is 21.1 Å². The van der Waals surface area contributed by atoms with E-state index in [1.807, 2.05) is 20.8 Å². The van der Waals surface area contributed by atoms with Gasteiger partial charge in [0, 0.05) is 0 Å². The Morgan fingerprint density at radius 1 is 0.769 bits per heavy atom. The number of hydroxylamine groups is 6. The topological polar surface area (TPSA) is 46.1 Å². The number of hydrogen-bond acceptors (Lipinski definition) is 2. The van der Waals surface area contributed by atoms with Gasteiger partial charge in [0.2, 0.25) is 0 Å². The van der Waals surface area contributed by atoms with Crippen molar-refractivity contribution in [3.63, 3.8) is 0 Å². The van der Waals surface area contributed by atoms with E-state index in [2.05, 4.69) is 0 Å². The molecule has 4 nitrogen and oxygen atoms in total. The molecule has 0 heterocycles. The van der Waals surface area contributed by atoms with Crippen molar-refractivity contribution in [2.75, 3.05) is 40.8 Å². The van der Waals surface area contributed by atoms with Crippen LogP contribution >= 0.6 is 0 Å². The third-order valence-corrected chi connectivity index (χ3v) is 1.73. The molecule has 0 saturated heterocycles. The van der Waals surface area contributed by atoms with Gasteiger partial charge in [-0.15, -0.1) is 0 Å². The minimum Gasteiger partial charge on any atom is -0.633 e. The SMILES string of the molecule is CC[N+]([O-])(CC)CC.C[N+](C)(C)[O-]. The molecule has 0 radical (unpaired) electrons. The molecule has 4 heteroatoms. The maximum Gasteiger partial charge on any atom is 0.0755 e. The number of hydrogen-bond donors (Lipinski definition) is 0. The fourth-order valence-electron chi connectivity index (χ4n) is 0.671. The molecule has 0 aliphatic heterocycles. The highest BCUT2D eigenvalue weighted by atomic mass is 16.5. The lowest BCUT2D eigenvalue weighted by molar-refractivity contribution is -0.875. The molecule has 0 rings (SSSR count). The Balaban J connectivity index is 0. The molecule has 0 aromatic carbocycles. The molecule has 0 atom stereocenters. The highest BCUT2D eigenvalue weighted by Crippen LogP contribution is 1.99. The summed E-state index contributed by atoms with van der Waals surface area (Å²) in [7, 11) is 4.71. The van der Waals surface area contributed by atoms with Crippen LogP contribution in [0.2, 0.25) is 0 Å². The molecule has 0 aromatic heterocycles. The Kier molecular flexibility index (Phi) is 7.44. The fourth-order valence-corrected chi connectivity index (χ4v) is 0.671. The molecule has 0 aliphatic carbocycles. The van der Waals surface area contributed by atoms with Gasteiger partial charge in [-0.1, -0.05) is 0 Å². The maximum atomic E-state index is 11.1. The zero-order chi connectivity index (χ0) is 11.1. The largest absolute Gasteiger partial charge is 0.633 e. The molecule has 0 saturated carbocycles. The molecule has 13 heavy (non-hydrogen) atoms. The Hall–Kier alpha value is -0.160. The third kappa shape index (κ3) is 14.7. The van der Waals surface area contributed by atoms with Gasteiger partial charge in [-0.2, -0.15) is 0 Å². The summed E-state index contributed by atoms with van der Waals surface area (Å²) in [6.07, 6.45) is 0. The lowest BCUT2D eigenvalue weighted by Crippen LogP contribution is -2.41. The molecule has 0 amide bonds. The quantitative estimate of drug-likeness (QED) is 0.503. The van der Waals surface area contributed by atoms with Crippen LogP contribution in [-0.2, 0) is 0 Å². The lowest BCUT2D eigenvalue weighted by atomic mass is 10.5. The van der Waals surface area contributed by atoms with Crippen LogP contribution in [0.25, 0.3) is 0 Å². The predicted octanol–water partition coefficient (Wildman–Crippen LogP) is 1.55. The first-order valence-corrected chi connectivity index (χ1v) is 4.78. The normalized spacial score (nSPS) is 12.0. The van der Waals surface area contributed by atoms with Crippen molar-refractivity contribution in [2.24, 2.45) is 0 Å². The summed E-state index contributed by atoms with van der Waals surface area (Å²) in [6.45, 7) is 7.90. The summed E-state index contributed by atoms with van der Waals surface area (Å²) in [5.74, 6) is 0. The van der Waals surface area contributed by atoms with Crippen molar-refractivity contribution in [2.45, 2.75) is 20.8 Å². The molecular formula is C9H24N2O2. The zero-order valence-corrected chi connectivity index (χ0v) is 9.83. The highest BCUT2D eigenvalue weighted by molar-refractivity contribution is 4.31. The Bertz CT molecular complexity index is 103. The molecule has 0 unspecified atom stereocenters. The van der Waals surface area contributed by atoms with Crippen LogP contribution in [0.3, 0.4) is 0 Å². The molecule has 0 bridgehead atoms. The van der Waals surface area contributed by atoms with E-state index in [9.17, 15) is 10.4 Å². The first-order valence-electron chi connectivity index (χ1n) is 4.78. The molecule has 0 spiro atoms. The van der Waals surface area contributed by atoms with Gasteiger partial charge in [0.15, 0.2) is 0 Å². The maximum absolute atomic E-state index is 11.1. The first-order chi connectivity index (χ1) is 5.68. The predicted molar refractivity (Wildman–Crippen MR) is 56.6 cm³/mol. The standard InChI is InChI=1S/C6H15NO.C3H9NO/c1-4-7(8,5-2)6-3;1-4(2,3)5/h4-6H2,1-3H3;1-3H3. The second kappa shape index (κ2) is 6.32. The van der Waals surface area contributed by atoms with E-state index in [0.29, 0.717) is 19.6 Å². The van der Waals surface area contributed by atoms with Crippen LogP contribution in [0.5, 0.6) is 0 Å². The van der Waals surface area contributed by atoms with Gasteiger partial charge >= 0.3 is 0 Å². The van der Waals surface area contributed by atoms with Crippen LogP contribution in [0.15, 0.2) is 0 Å². The Morgan fingerprint density at radius 2 is 0.923 bits per heavy atom. The van der Waals surface area contributed by atoms with Gasteiger partial charge in [0.05, 0.1) is 40.8 Å². The van der Waals surface area contributed by atoms with E-state index in [-0.39, 0.29) is 9.29 Å². The van der Waals surface area contributed by atoms with Crippen LogP contribution in [0, 0.1) is 10.4 Å². The van der Waals surface area contributed by atoms with Crippen molar-refractivity contribution in [3.05, 3.63) is 10.4 Å². The van der Waals surface area contributed by atoms with E-state index < -0.39 is 0 Å². The second-order valence-electron chi connectivity index (χ2n) is 3.90. The smallest absolute Gasteiger partial charge is 0.0755 e. The number of quaternary nitrogens is 2. The molecule has 0 N–H and O–H groups in total. The zero-order valence-electron chi connectivity index (χ0n) is 9.83. The van der Waals surface area contributed by atoms with E-state index in [0.717, 1.165) is 0 Å². The molecule has 82 valence electrons. The molecule has 0 fully saturated rings. The van der Waals surface area contributed by atoms with Gasteiger partial charge < -0.3 is 19.7 Å². The summed E-state index contributed by atoms with van der Waals surface area (Å²) >= 11 is 0. The van der Waals surface area contributed by atoms with E-state index in [1.165, 1.54) is 0 Å². The average Bonchev–Trinajstić information content (AvgIpc) is 2.00. The number of rotatable bonds is 3. The monoisotopic (exact) mass is 192 g/mol. The number of nitrogens with zero attached hydrogens (tertiary/aromatic N) is 2. The van der Waals surface area contributed by atoms with Gasteiger partial charge in [0.25, 0.3) is 0 Å². The van der Waals surface area contributed by atoms with Gasteiger partial charge in [-0.3, -0.25) is 0 Å². The molecule has 0 aliphatic rings. The molecule has 0 aromatic rings. The average molecular weight is 192 g/mol. The summed E-state index contributed by atoms with van der Waals surface area (Å²) in [5.41, 5.74) is 0. The van der Waals surface area contributed by atoms with Crippen LogP contribution in [0.1, 0.15) is 20.8 Å². The van der Waals surface area contributed by atoms with Gasteiger partial charge in [0.1, 0.15) is 0 Å². The van der Waals surface area contributed by atoms with Crippen molar-refractivity contribution in [3.8, 4) is 0 Å². The lowest BCUT2D eigenvalue weighted by Gasteiger charge is -2.39. The summed E-state index contributed by atoms with van der Waals surface area (Å²) in [4.78, 5) is 0. The second-order valence-corrected chi connectivity index (χ2v) is 3.90. The molecular weight excluding hydrogens is 168 g/mol. The van der Waals surface area contributed by atoms with E-state index >= 15 is 0 Å². The minimum atomic E-state index is -0.250. The van der Waals surface area contributed by atoms with Crippen molar-refractivity contribution >= 4 is 0 Å². The van der Waals surface area contributed by atoms with Crippen LogP contribution in [0.4, 0.5) is 0 Å². The fraction of sp³-hybridized carbons (Fsp3) is 1.00. The van der Waals surface area contributed by atoms with Crippen molar-refractivity contribution < 1.29 is 9.29 Å². The van der Waals surface area contributed by atoms with Crippen molar-refractivity contribution in [1.82, 2.24) is 0 Å².